The van der Waals surface area contributed by atoms with Crippen LogP contribution in [0, 0.1) is 5.41 Å². The zero-order chi connectivity index (χ0) is 11.3. The molecule has 0 saturated heterocycles. The molecule has 1 N–H and O–H groups in total. The van der Waals surface area contributed by atoms with Crippen LogP contribution in [0.1, 0.15) is 33.5 Å². The quantitative estimate of drug-likeness (QED) is 0.819. The Bertz CT molecular complexity index is 293. The summed E-state index contributed by atoms with van der Waals surface area (Å²) in [6.07, 6.45) is 5.76. The van der Waals surface area contributed by atoms with Gasteiger partial charge in [0.1, 0.15) is 5.76 Å². The Morgan fingerprint density at radius 3 is 2.73 bits per heavy atom. The van der Waals surface area contributed by atoms with Crippen LogP contribution in [0.3, 0.4) is 0 Å². The highest BCUT2D eigenvalue weighted by Crippen LogP contribution is 2.18. The van der Waals surface area contributed by atoms with E-state index in [4.69, 9.17) is 4.42 Å². The average Bonchev–Trinajstić information content (AvgIpc) is 2.63. The fourth-order valence-corrected chi connectivity index (χ4v) is 1.11. The first-order chi connectivity index (χ1) is 7.00. The molecule has 0 aliphatic carbocycles. The van der Waals surface area contributed by atoms with Crippen molar-refractivity contribution in [3.63, 3.8) is 0 Å². The van der Waals surface area contributed by atoms with Crippen molar-refractivity contribution in [2.45, 2.75) is 33.7 Å². The molecule has 1 unspecified atom stereocenters. The van der Waals surface area contributed by atoms with E-state index in [1.54, 1.807) is 6.26 Å². The topological polar surface area (TPSA) is 25.2 Å². The molecule has 0 aromatic carbocycles. The summed E-state index contributed by atoms with van der Waals surface area (Å²) in [5.41, 5.74) is 0.304. The van der Waals surface area contributed by atoms with Gasteiger partial charge < -0.3 is 9.73 Å². The smallest absolute Gasteiger partial charge is 0.126 e. The molecule has 2 heteroatoms. The molecular formula is C13H21NO. The standard InChI is InChI=1S/C13H21NO/c1-11(13(2,3)4)14-9-5-7-12-8-6-10-15-12/h5-8,10-11,14H,9H2,1-4H3/b7-5+. The summed E-state index contributed by atoms with van der Waals surface area (Å²) in [6, 6.07) is 4.34. The lowest BCUT2D eigenvalue weighted by atomic mass is 9.88. The molecule has 0 fully saturated rings. The minimum Gasteiger partial charge on any atom is -0.465 e. The predicted octanol–water partition coefficient (Wildman–Crippen LogP) is 3.32. The van der Waals surface area contributed by atoms with E-state index in [1.165, 1.54) is 0 Å². The van der Waals surface area contributed by atoms with Gasteiger partial charge in [0.25, 0.3) is 0 Å². The van der Waals surface area contributed by atoms with E-state index in [2.05, 4.69) is 39.1 Å². The van der Waals surface area contributed by atoms with E-state index in [9.17, 15) is 0 Å². The van der Waals surface area contributed by atoms with Crippen molar-refractivity contribution < 1.29 is 4.42 Å². The summed E-state index contributed by atoms with van der Waals surface area (Å²) in [6.45, 7) is 9.79. The summed E-state index contributed by atoms with van der Waals surface area (Å²) in [7, 11) is 0. The molecule has 0 amide bonds. The van der Waals surface area contributed by atoms with Gasteiger partial charge in [0.2, 0.25) is 0 Å². The molecule has 84 valence electrons. The zero-order valence-electron chi connectivity index (χ0n) is 10.1. The summed E-state index contributed by atoms with van der Waals surface area (Å²) >= 11 is 0. The van der Waals surface area contributed by atoms with Crippen molar-refractivity contribution >= 4 is 6.08 Å². The number of furan rings is 1. The number of hydrogen-bond donors (Lipinski definition) is 1. The largest absolute Gasteiger partial charge is 0.465 e. The number of hydrogen-bond acceptors (Lipinski definition) is 2. The second kappa shape index (κ2) is 5.17. The molecule has 1 heterocycles. The van der Waals surface area contributed by atoms with Crippen LogP contribution in [0.5, 0.6) is 0 Å². The van der Waals surface area contributed by atoms with Gasteiger partial charge in [-0.05, 0) is 30.5 Å². The van der Waals surface area contributed by atoms with Crippen molar-refractivity contribution in [2.24, 2.45) is 5.41 Å². The first-order valence-electron chi connectivity index (χ1n) is 5.43. The Morgan fingerprint density at radius 1 is 1.47 bits per heavy atom. The van der Waals surface area contributed by atoms with Crippen molar-refractivity contribution in [3.05, 3.63) is 30.2 Å². The Hall–Kier alpha value is -1.02. The van der Waals surface area contributed by atoms with Crippen molar-refractivity contribution in [3.8, 4) is 0 Å². The van der Waals surface area contributed by atoms with Gasteiger partial charge in [-0.2, -0.15) is 0 Å². The lowest BCUT2D eigenvalue weighted by Gasteiger charge is -2.27. The maximum absolute atomic E-state index is 5.19. The molecule has 0 saturated carbocycles. The summed E-state index contributed by atoms with van der Waals surface area (Å²) in [5, 5.41) is 3.46. The fourth-order valence-electron chi connectivity index (χ4n) is 1.11. The molecule has 0 spiro atoms. The van der Waals surface area contributed by atoms with E-state index in [1.807, 2.05) is 18.2 Å². The van der Waals surface area contributed by atoms with E-state index in [0.29, 0.717) is 11.5 Å². The maximum atomic E-state index is 5.19. The SMILES string of the molecule is CC(NC/C=C/c1ccco1)C(C)(C)C. The van der Waals surface area contributed by atoms with E-state index < -0.39 is 0 Å². The Balaban J connectivity index is 2.28. The monoisotopic (exact) mass is 207 g/mol. The predicted molar refractivity (Wildman–Crippen MR) is 64.7 cm³/mol. The lowest BCUT2D eigenvalue weighted by molar-refractivity contribution is 0.294. The molecule has 2 nitrogen and oxygen atoms in total. The van der Waals surface area contributed by atoms with Crippen LogP contribution in [0.25, 0.3) is 6.08 Å². The Labute approximate surface area is 92.4 Å². The summed E-state index contributed by atoms with van der Waals surface area (Å²) in [5.74, 6) is 0.903. The first-order valence-corrected chi connectivity index (χ1v) is 5.43. The molecule has 0 bridgehead atoms. The molecule has 1 aromatic rings. The maximum Gasteiger partial charge on any atom is 0.126 e. The van der Waals surface area contributed by atoms with Gasteiger partial charge in [0, 0.05) is 12.6 Å². The number of rotatable bonds is 4. The summed E-state index contributed by atoms with van der Waals surface area (Å²) in [4.78, 5) is 0. The fraction of sp³-hybridized carbons (Fsp3) is 0.538. The minimum atomic E-state index is 0.304. The third-order valence-electron chi connectivity index (χ3n) is 2.67. The van der Waals surface area contributed by atoms with Crippen LogP contribution >= 0.6 is 0 Å². The highest BCUT2D eigenvalue weighted by atomic mass is 16.3. The van der Waals surface area contributed by atoms with Gasteiger partial charge in [-0.15, -0.1) is 0 Å². The van der Waals surface area contributed by atoms with Crippen LogP contribution < -0.4 is 5.32 Å². The Morgan fingerprint density at radius 2 is 2.20 bits per heavy atom. The van der Waals surface area contributed by atoms with Crippen LogP contribution in [-0.4, -0.2) is 12.6 Å². The lowest BCUT2D eigenvalue weighted by Crippen LogP contribution is -2.37. The van der Waals surface area contributed by atoms with Crippen molar-refractivity contribution in [1.29, 1.82) is 0 Å². The molecule has 0 aliphatic rings. The second-order valence-electron chi connectivity index (χ2n) is 4.91. The molecule has 1 rings (SSSR count). The summed E-state index contributed by atoms with van der Waals surface area (Å²) < 4.78 is 5.19. The molecule has 1 atom stereocenters. The van der Waals surface area contributed by atoms with Crippen LogP contribution in [-0.2, 0) is 0 Å². The Kier molecular flexibility index (Phi) is 4.15. The third-order valence-corrected chi connectivity index (χ3v) is 2.67. The molecule has 1 aromatic heterocycles. The normalized spacial score (nSPS) is 14.7. The molecule has 15 heavy (non-hydrogen) atoms. The van der Waals surface area contributed by atoms with Gasteiger partial charge in [0.05, 0.1) is 6.26 Å². The molecule has 0 aliphatic heterocycles. The first kappa shape index (κ1) is 12.1. The van der Waals surface area contributed by atoms with Gasteiger partial charge in [0.15, 0.2) is 0 Å². The third kappa shape index (κ3) is 4.34. The van der Waals surface area contributed by atoms with E-state index >= 15 is 0 Å². The van der Waals surface area contributed by atoms with Gasteiger partial charge in [-0.3, -0.25) is 0 Å². The van der Waals surface area contributed by atoms with Crippen molar-refractivity contribution in [1.82, 2.24) is 5.32 Å². The van der Waals surface area contributed by atoms with Crippen LogP contribution in [0.2, 0.25) is 0 Å². The molecule has 0 radical (unpaired) electrons. The highest BCUT2D eigenvalue weighted by Gasteiger charge is 2.18. The van der Waals surface area contributed by atoms with Gasteiger partial charge in [-0.25, -0.2) is 0 Å². The van der Waals surface area contributed by atoms with Crippen molar-refractivity contribution in [2.75, 3.05) is 6.54 Å². The van der Waals surface area contributed by atoms with Gasteiger partial charge in [-0.1, -0.05) is 26.8 Å². The van der Waals surface area contributed by atoms with Gasteiger partial charge >= 0.3 is 0 Å². The average molecular weight is 207 g/mol. The molecular weight excluding hydrogens is 186 g/mol. The van der Waals surface area contributed by atoms with E-state index in [0.717, 1.165) is 12.3 Å². The van der Waals surface area contributed by atoms with Crippen LogP contribution in [0.4, 0.5) is 0 Å². The second-order valence-corrected chi connectivity index (χ2v) is 4.91. The van der Waals surface area contributed by atoms with E-state index in [-0.39, 0.29) is 0 Å². The van der Waals surface area contributed by atoms with Crippen LogP contribution in [0.15, 0.2) is 28.9 Å². The highest BCUT2D eigenvalue weighted by molar-refractivity contribution is 5.42. The minimum absolute atomic E-state index is 0.304. The number of nitrogens with one attached hydrogen (secondary N) is 1. The zero-order valence-corrected chi connectivity index (χ0v) is 10.1.